The van der Waals surface area contributed by atoms with Crippen LogP contribution in [-0.2, 0) is 23.9 Å². The number of aliphatic imine (C=N–C) groups is 3. The first-order valence-electron chi connectivity index (χ1n) is 15.9. The molecule has 6 aliphatic rings. The van der Waals surface area contributed by atoms with E-state index in [1.54, 1.807) is 13.0 Å². The zero-order valence-corrected chi connectivity index (χ0v) is 27.5. The minimum atomic E-state index is -1.21. The summed E-state index contributed by atoms with van der Waals surface area (Å²) in [5.41, 5.74) is 9.70. The van der Waals surface area contributed by atoms with Gasteiger partial charge in [-0.25, -0.2) is 15.0 Å². The van der Waals surface area contributed by atoms with Crippen molar-refractivity contribution in [3.63, 3.8) is 0 Å². The van der Waals surface area contributed by atoms with Crippen molar-refractivity contribution >= 4 is 34.9 Å². The zero-order chi connectivity index (χ0) is 33.7. The van der Waals surface area contributed by atoms with E-state index in [9.17, 15) is 19.5 Å². The van der Waals surface area contributed by atoms with E-state index < -0.39 is 11.9 Å². The third kappa shape index (κ3) is 5.03. The molecule has 10 nitrogen and oxygen atoms in total. The fourth-order valence-electron chi connectivity index (χ4n) is 7.22. The van der Waals surface area contributed by atoms with Crippen molar-refractivity contribution in [3.05, 3.63) is 105 Å². The number of rotatable bonds is 7. The second-order valence-electron chi connectivity index (χ2n) is 12.1. The maximum absolute atomic E-state index is 14.2. The molecule has 0 aromatic heterocycles. The number of nitrogens with one attached hydrogen (secondary N) is 1. The number of fused-ring (bicyclic) bond motifs is 5. The summed E-state index contributed by atoms with van der Waals surface area (Å²) in [5, 5.41) is 13.9. The lowest BCUT2D eigenvalue weighted by Gasteiger charge is -2.19. The smallest absolute Gasteiger partial charge is 0.321 e. The average Bonchev–Trinajstić information content (AvgIpc) is 3.80. The number of aliphatic hydroxyl groups is 1. The third-order valence-corrected chi connectivity index (χ3v) is 9.72. The van der Waals surface area contributed by atoms with Crippen LogP contribution in [0.25, 0.3) is 0 Å². The zero-order valence-electron chi connectivity index (χ0n) is 27.5. The number of hydrogen-bond donors (Lipinski definition) is 2. The molecule has 2 N–H and O–H groups in total. The summed E-state index contributed by atoms with van der Waals surface area (Å²) >= 11 is 0. The Balaban J connectivity index is 1.67. The number of aliphatic hydroxyl groups excluding tert-OH is 1. The highest BCUT2D eigenvalue weighted by Crippen LogP contribution is 2.47. The summed E-state index contributed by atoms with van der Waals surface area (Å²) in [6.07, 6.45) is 9.57. The van der Waals surface area contributed by atoms with E-state index in [-0.39, 0.29) is 36.6 Å². The summed E-state index contributed by atoms with van der Waals surface area (Å²) in [4.78, 5) is 54.9. The molecule has 3 atom stereocenters. The first-order valence-corrected chi connectivity index (χ1v) is 15.9. The van der Waals surface area contributed by atoms with Crippen molar-refractivity contribution in [1.29, 1.82) is 0 Å². The molecule has 0 spiro atoms. The number of esters is 2. The van der Waals surface area contributed by atoms with Gasteiger partial charge in [0.1, 0.15) is 5.92 Å². The number of ether oxygens (including phenoxy) is 2. The van der Waals surface area contributed by atoms with Crippen LogP contribution in [0.2, 0.25) is 0 Å². The quantitative estimate of drug-likeness (QED) is 0.206. The predicted molar refractivity (Wildman–Crippen MR) is 179 cm³/mol. The van der Waals surface area contributed by atoms with Crippen molar-refractivity contribution < 1.29 is 29.0 Å². The van der Waals surface area contributed by atoms with Crippen molar-refractivity contribution in [2.75, 3.05) is 13.7 Å². The summed E-state index contributed by atoms with van der Waals surface area (Å²) in [5.74, 6) is -3.09. The van der Waals surface area contributed by atoms with Gasteiger partial charge in [-0.05, 0) is 68.6 Å². The summed E-state index contributed by atoms with van der Waals surface area (Å²) in [6, 6.07) is 0. The standard InChI is InChI=1S/C37H38N4O6/c1-8-20-17(4)24-13-28-21(9-2)23(16-42)29(39-28)14-25-18(5)22(11-12-30(43)46-7)34(40-25)32-33(37(45)47-10-3)36(44)31-19(6)26(41-35(31)32)15-27(20)38-24/h9,13-16,18,22,33,40,42H,2,8,10-12H2,1,3-7H3/b23-16+,24-13?,25-14?,26-15?,34-32?. The van der Waals surface area contributed by atoms with Gasteiger partial charge in [-0.2, -0.15) is 0 Å². The monoisotopic (exact) mass is 634 g/mol. The second kappa shape index (κ2) is 12.2. The SMILES string of the molecule is C=CC1=C2C=C3N=C(C=C4N=C5C(=C4C)C(=O)C(C(=O)OCC)C5=C4NC(=CC(=N2)/C1=C/O)C(C)C4CCC(=O)OC)C(CC)=C3C. The van der Waals surface area contributed by atoms with E-state index in [1.807, 2.05) is 39.0 Å². The van der Waals surface area contributed by atoms with Gasteiger partial charge in [-0.3, -0.25) is 14.4 Å². The molecule has 1 saturated heterocycles. The Kier molecular flexibility index (Phi) is 8.29. The van der Waals surface area contributed by atoms with Gasteiger partial charge in [0.2, 0.25) is 0 Å². The molecule has 5 heterocycles. The Labute approximate surface area is 273 Å². The molecule has 0 aromatic rings. The van der Waals surface area contributed by atoms with E-state index in [0.29, 0.717) is 62.8 Å². The van der Waals surface area contributed by atoms with Crippen molar-refractivity contribution in [1.82, 2.24) is 5.32 Å². The minimum Gasteiger partial charge on any atom is -0.515 e. The highest BCUT2D eigenvalue weighted by Gasteiger charge is 2.52. The van der Waals surface area contributed by atoms with Gasteiger partial charge in [0.05, 0.1) is 54.2 Å². The molecular weight excluding hydrogens is 596 g/mol. The number of methoxy groups -OCH3 is 1. The van der Waals surface area contributed by atoms with Crippen LogP contribution < -0.4 is 5.32 Å². The highest BCUT2D eigenvalue weighted by molar-refractivity contribution is 6.42. The van der Waals surface area contributed by atoms with Gasteiger partial charge in [0, 0.05) is 51.9 Å². The number of carbonyl (C=O) groups excluding carboxylic acids is 3. The molecule has 0 radical (unpaired) electrons. The lowest BCUT2D eigenvalue weighted by molar-refractivity contribution is -0.148. The van der Waals surface area contributed by atoms with Gasteiger partial charge in [-0.15, -0.1) is 0 Å². The van der Waals surface area contributed by atoms with Gasteiger partial charge >= 0.3 is 11.9 Å². The second-order valence-corrected chi connectivity index (χ2v) is 12.1. The van der Waals surface area contributed by atoms with Crippen LogP contribution in [0.4, 0.5) is 0 Å². The van der Waals surface area contributed by atoms with Gasteiger partial charge < -0.3 is 19.9 Å². The maximum atomic E-state index is 14.2. The summed E-state index contributed by atoms with van der Waals surface area (Å²) < 4.78 is 10.4. The summed E-state index contributed by atoms with van der Waals surface area (Å²) in [7, 11) is 1.35. The van der Waals surface area contributed by atoms with Crippen LogP contribution >= 0.6 is 0 Å². The van der Waals surface area contributed by atoms with Crippen molar-refractivity contribution in [3.8, 4) is 0 Å². The highest BCUT2D eigenvalue weighted by atomic mass is 16.5. The molecule has 3 unspecified atom stereocenters. The van der Waals surface area contributed by atoms with Crippen LogP contribution in [0.1, 0.15) is 53.9 Å². The Morgan fingerprint density at radius 2 is 1.81 bits per heavy atom. The van der Waals surface area contributed by atoms with E-state index in [0.717, 1.165) is 40.9 Å². The van der Waals surface area contributed by atoms with Crippen molar-refractivity contribution in [2.24, 2.45) is 32.7 Å². The maximum Gasteiger partial charge on any atom is 0.321 e. The van der Waals surface area contributed by atoms with Gasteiger partial charge in [0.25, 0.3) is 0 Å². The van der Waals surface area contributed by atoms with Gasteiger partial charge in [-0.1, -0.05) is 26.5 Å². The first kappa shape index (κ1) is 31.8. The number of hydrogen-bond acceptors (Lipinski definition) is 10. The number of ketones is 1. The van der Waals surface area contributed by atoms with E-state index in [2.05, 4.69) is 18.8 Å². The topological polar surface area (TPSA) is 139 Å². The minimum absolute atomic E-state index is 0.111. The Morgan fingerprint density at radius 1 is 1.06 bits per heavy atom. The van der Waals surface area contributed by atoms with Crippen LogP contribution in [0.5, 0.6) is 0 Å². The van der Waals surface area contributed by atoms with Crippen LogP contribution in [0, 0.1) is 17.8 Å². The average molecular weight is 635 g/mol. The predicted octanol–water partition coefficient (Wildman–Crippen LogP) is 5.77. The fourth-order valence-corrected chi connectivity index (χ4v) is 7.22. The number of carbonyl (C=O) groups is 3. The van der Waals surface area contributed by atoms with Gasteiger partial charge in [0.15, 0.2) is 5.78 Å². The molecule has 2 fully saturated rings. The first-order chi connectivity index (χ1) is 22.6. The van der Waals surface area contributed by atoms with E-state index >= 15 is 0 Å². The molecule has 242 valence electrons. The van der Waals surface area contributed by atoms with Crippen LogP contribution in [0.15, 0.2) is 120 Å². The molecule has 1 aliphatic carbocycles. The Bertz CT molecular complexity index is 1900. The third-order valence-electron chi connectivity index (χ3n) is 9.72. The van der Waals surface area contributed by atoms with Crippen LogP contribution in [0.3, 0.4) is 0 Å². The van der Waals surface area contributed by atoms with E-state index in [1.165, 1.54) is 7.11 Å². The molecule has 6 rings (SSSR count). The lowest BCUT2D eigenvalue weighted by atomic mass is 9.85. The molecule has 8 bridgehead atoms. The number of nitrogens with zero attached hydrogens (tertiary/aromatic N) is 3. The lowest BCUT2D eigenvalue weighted by Crippen LogP contribution is -2.27. The van der Waals surface area contributed by atoms with Crippen LogP contribution in [-0.4, -0.2) is 53.7 Å². The molecule has 1 saturated carbocycles. The largest absolute Gasteiger partial charge is 0.515 e. The molecule has 10 heteroatoms. The number of allylic oxidation sites excluding steroid dienone is 12. The molecule has 5 aliphatic heterocycles. The normalized spacial score (nSPS) is 25.5. The summed E-state index contributed by atoms with van der Waals surface area (Å²) in [6.45, 7) is 13.7. The Morgan fingerprint density at radius 3 is 2.47 bits per heavy atom. The molecule has 47 heavy (non-hydrogen) atoms. The molecular formula is C37H38N4O6. The molecule has 0 aromatic carbocycles. The van der Waals surface area contributed by atoms with Crippen molar-refractivity contribution in [2.45, 2.75) is 53.9 Å². The van der Waals surface area contributed by atoms with E-state index in [4.69, 9.17) is 24.5 Å². The number of Topliss-reactive ketones (excluding diaryl/α,β-unsaturated/α-hetero) is 1. The molecule has 0 amide bonds. The Hall–Kier alpha value is -5.12. The fraction of sp³-hybridized carbons (Fsp3) is 0.351.